The monoisotopic (exact) mass is 320 g/mol. The summed E-state index contributed by atoms with van der Waals surface area (Å²) in [4.78, 5) is 22.5. The van der Waals surface area contributed by atoms with Gasteiger partial charge in [0.15, 0.2) is 18.8 Å². The van der Waals surface area contributed by atoms with Crippen LogP contribution in [0.2, 0.25) is 0 Å². The molecule has 0 aromatic carbocycles. The van der Waals surface area contributed by atoms with Gasteiger partial charge < -0.3 is 9.22 Å². The molecule has 1 aliphatic carbocycles. The van der Waals surface area contributed by atoms with Gasteiger partial charge in [-0.2, -0.15) is 0 Å². The number of nitrogens with zero attached hydrogens (tertiary/aromatic N) is 3. The van der Waals surface area contributed by atoms with Gasteiger partial charge >= 0.3 is 5.54 Å². The Labute approximate surface area is 127 Å². The van der Waals surface area contributed by atoms with E-state index in [1.165, 1.54) is 6.08 Å². The van der Waals surface area contributed by atoms with Crippen molar-refractivity contribution in [2.24, 2.45) is 0 Å². The zero-order chi connectivity index (χ0) is 15.9. The molecule has 1 aliphatic heterocycles. The summed E-state index contributed by atoms with van der Waals surface area (Å²) >= 11 is 5.58. The Bertz CT molecular complexity index is 509. The number of likely N-dealkylation sites (tertiary alicyclic amines) is 1. The minimum absolute atomic E-state index is 0.129. The molecule has 0 aromatic rings. The largest absolute Gasteiger partial charge is 0.489 e. The highest BCUT2D eigenvalue weighted by Crippen LogP contribution is 2.45. The average molecular weight is 321 g/mol. The molecule has 0 spiro atoms. The smallest absolute Gasteiger partial charge is 0.332 e. The van der Waals surface area contributed by atoms with E-state index in [2.05, 4.69) is 0 Å². The van der Waals surface area contributed by atoms with Crippen molar-refractivity contribution in [2.45, 2.75) is 23.9 Å². The minimum atomic E-state index is -1.54. The minimum Gasteiger partial charge on any atom is -0.489 e. The maximum atomic E-state index is 11.7. The first-order valence-corrected chi connectivity index (χ1v) is 7.21. The van der Waals surface area contributed by atoms with Crippen LogP contribution in [-0.4, -0.2) is 65.1 Å². The molecule has 1 saturated heterocycles. The number of alkyl halides is 1. The standard InChI is InChI=1S/C12H19ClN3O5/c1-16(2)8-11(14(17)18)4-3-10(21-6-5-13)12(7-11,9-16)15(19)20/h3H,4-9H2,1-2H3/q+1/t11-,12+/m0/s1. The number of likely N-dealkylation sites (N-methyl/N-ethyl adjacent to an activating group) is 1. The highest BCUT2D eigenvalue weighted by Gasteiger charge is 2.70. The molecule has 9 heteroatoms. The van der Waals surface area contributed by atoms with Crippen LogP contribution in [0.25, 0.3) is 0 Å². The predicted octanol–water partition coefficient (Wildman–Crippen LogP) is 1.04. The van der Waals surface area contributed by atoms with Gasteiger partial charge in [0.25, 0.3) is 5.54 Å². The first kappa shape index (κ1) is 16.0. The highest BCUT2D eigenvalue weighted by molar-refractivity contribution is 6.17. The van der Waals surface area contributed by atoms with E-state index in [0.717, 1.165) is 0 Å². The predicted molar refractivity (Wildman–Crippen MR) is 75.3 cm³/mol. The number of rotatable bonds is 5. The summed E-state index contributed by atoms with van der Waals surface area (Å²) in [6.45, 7) is 0.598. The Morgan fingerprint density at radius 3 is 2.52 bits per heavy atom. The number of halogens is 1. The molecule has 2 aliphatic rings. The Kier molecular flexibility index (Phi) is 3.88. The van der Waals surface area contributed by atoms with Gasteiger partial charge in [-0.1, -0.05) is 0 Å². The molecule has 0 amide bonds. The first-order chi connectivity index (χ1) is 9.67. The van der Waals surface area contributed by atoms with Crippen LogP contribution in [-0.2, 0) is 4.74 Å². The SMILES string of the molecule is C[N+]1(C)C[C@]2([N+](=O)[O-])CC=C(OCCCl)[C@@]([N+](=O)[O-])(C2)C1. The molecule has 2 rings (SSSR count). The van der Waals surface area contributed by atoms with Gasteiger partial charge in [-0.25, -0.2) is 0 Å². The number of quaternary nitrogens is 1. The summed E-state index contributed by atoms with van der Waals surface area (Å²) in [6.07, 6.45) is 1.53. The van der Waals surface area contributed by atoms with Gasteiger partial charge in [0.2, 0.25) is 0 Å². The molecule has 1 fully saturated rings. The Hall–Kier alpha value is -1.41. The zero-order valence-corrected chi connectivity index (χ0v) is 12.8. The molecule has 21 heavy (non-hydrogen) atoms. The molecule has 0 radical (unpaired) electrons. The zero-order valence-electron chi connectivity index (χ0n) is 12.1. The lowest BCUT2D eigenvalue weighted by atomic mass is 9.70. The topological polar surface area (TPSA) is 95.5 Å². The molecule has 118 valence electrons. The van der Waals surface area contributed by atoms with E-state index in [1.54, 1.807) is 14.1 Å². The van der Waals surface area contributed by atoms with E-state index in [-0.39, 0.29) is 53.6 Å². The lowest BCUT2D eigenvalue weighted by molar-refractivity contribution is -0.934. The lowest BCUT2D eigenvalue weighted by Gasteiger charge is -2.47. The van der Waals surface area contributed by atoms with Crippen LogP contribution in [0.5, 0.6) is 0 Å². The van der Waals surface area contributed by atoms with Gasteiger partial charge in [0.05, 0.1) is 20.0 Å². The molecular weight excluding hydrogens is 302 g/mol. The van der Waals surface area contributed by atoms with Crippen molar-refractivity contribution in [2.75, 3.05) is 39.7 Å². The fraction of sp³-hybridized carbons (Fsp3) is 0.833. The van der Waals surface area contributed by atoms with Crippen LogP contribution in [0, 0.1) is 20.2 Å². The highest BCUT2D eigenvalue weighted by atomic mass is 35.5. The van der Waals surface area contributed by atoms with Crippen molar-refractivity contribution in [1.82, 2.24) is 0 Å². The molecule has 0 saturated carbocycles. The summed E-state index contributed by atoms with van der Waals surface area (Å²) in [7, 11) is 3.56. The second-order valence-electron chi connectivity index (χ2n) is 6.51. The van der Waals surface area contributed by atoms with Crippen molar-refractivity contribution in [3.05, 3.63) is 32.1 Å². The fourth-order valence-electron chi connectivity index (χ4n) is 3.74. The molecule has 0 N–H and O–H groups in total. The van der Waals surface area contributed by atoms with E-state index in [0.29, 0.717) is 0 Å². The van der Waals surface area contributed by atoms with Gasteiger partial charge in [-0.3, -0.25) is 20.2 Å². The van der Waals surface area contributed by atoms with Crippen molar-refractivity contribution in [1.29, 1.82) is 0 Å². The molecule has 0 aromatic heterocycles. The summed E-state index contributed by atoms with van der Waals surface area (Å²) in [5, 5.41) is 23.3. The maximum Gasteiger partial charge on any atom is 0.332 e. The van der Waals surface area contributed by atoms with E-state index in [1.807, 2.05) is 0 Å². The van der Waals surface area contributed by atoms with E-state index in [9.17, 15) is 20.2 Å². The number of piperidine rings is 1. The fourth-order valence-corrected chi connectivity index (χ4v) is 3.82. The van der Waals surface area contributed by atoms with Crippen LogP contribution < -0.4 is 0 Å². The Morgan fingerprint density at radius 2 is 2.00 bits per heavy atom. The van der Waals surface area contributed by atoms with Crippen LogP contribution in [0.1, 0.15) is 12.8 Å². The number of ether oxygens (including phenoxy) is 1. The van der Waals surface area contributed by atoms with Gasteiger partial charge in [-0.15, -0.1) is 11.6 Å². The summed E-state index contributed by atoms with van der Waals surface area (Å²) in [6, 6.07) is 0. The summed E-state index contributed by atoms with van der Waals surface area (Å²) < 4.78 is 5.67. The van der Waals surface area contributed by atoms with Gasteiger partial charge in [-0.05, 0) is 6.08 Å². The maximum absolute atomic E-state index is 11.7. The average Bonchev–Trinajstić information content (AvgIpc) is 2.35. The van der Waals surface area contributed by atoms with Crippen molar-refractivity contribution in [3.8, 4) is 0 Å². The lowest BCUT2D eigenvalue weighted by Crippen LogP contribution is -2.72. The van der Waals surface area contributed by atoms with Crippen LogP contribution >= 0.6 is 11.6 Å². The number of nitro groups is 2. The molecule has 2 atom stereocenters. The molecule has 2 bridgehead atoms. The normalized spacial score (nSPS) is 34.0. The quantitative estimate of drug-likeness (QED) is 0.326. The molecule has 1 heterocycles. The van der Waals surface area contributed by atoms with Crippen LogP contribution in [0.3, 0.4) is 0 Å². The van der Waals surface area contributed by atoms with Crippen molar-refractivity contribution in [3.63, 3.8) is 0 Å². The van der Waals surface area contributed by atoms with Gasteiger partial charge in [0.1, 0.15) is 13.0 Å². The third-order valence-electron chi connectivity index (χ3n) is 4.23. The number of fused-ring (bicyclic) bond motifs is 2. The third-order valence-corrected chi connectivity index (χ3v) is 4.39. The second-order valence-corrected chi connectivity index (χ2v) is 6.89. The number of hydrogen-bond donors (Lipinski definition) is 0. The second kappa shape index (κ2) is 5.10. The van der Waals surface area contributed by atoms with Gasteiger partial charge in [0, 0.05) is 16.3 Å². The van der Waals surface area contributed by atoms with Crippen LogP contribution in [0.4, 0.5) is 0 Å². The molecule has 8 nitrogen and oxygen atoms in total. The first-order valence-electron chi connectivity index (χ1n) is 6.68. The molecular formula is C12H19ClN3O5+. The van der Waals surface area contributed by atoms with E-state index in [4.69, 9.17) is 16.3 Å². The third kappa shape index (κ3) is 2.57. The van der Waals surface area contributed by atoms with Crippen molar-refractivity contribution < 1.29 is 19.1 Å². The van der Waals surface area contributed by atoms with E-state index >= 15 is 0 Å². The van der Waals surface area contributed by atoms with E-state index < -0.39 is 16.0 Å². The summed E-state index contributed by atoms with van der Waals surface area (Å²) in [5.41, 5.74) is -2.85. The number of hydrogen-bond acceptors (Lipinski definition) is 5. The Morgan fingerprint density at radius 1 is 1.33 bits per heavy atom. The van der Waals surface area contributed by atoms with Crippen LogP contribution in [0.15, 0.2) is 11.8 Å². The van der Waals surface area contributed by atoms with Crippen molar-refractivity contribution >= 4 is 11.6 Å². The Balaban J connectivity index is 2.51. The summed E-state index contributed by atoms with van der Waals surface area (Å²) in [5.74, 6) is 0.431. The molecule has 0 unspecified atom stereocenters.